The van der Waals surface area contributed by atoms with E-state index in [-0.39, 0.29) is 12.1 Å². The number of rotatable bonds is 17. The summed E-state index contributed by atoms with van der Waals surface area (Å²) >= 11 is 0. The Kier molecular flexibility index (Phi) is 13.5. The molecule has 39 heavy (non-hydrogen) atoms. The van der Waals surface area contributed by atoms with Crippen LogP contribution in [0.2, 0.25) is 0 Å². The lowest BCUT2D eigenvalue weighted by Gasteiger charge is -2.23. The first kappa shape index (κ1) is 29.8. The number of benzene rings is 2. The highest BCUT2D eigenvalue weighted by molar-refractivity contribution is 5.99. The van der Waals surface area contributed by atoms with E-state index in [0.717, 1.165) is 62.5 Å². The van der Waals surface area contributed by atoms with Gasteiger partial charge < -0.3 is 36.5 Å². The van der Waals surface area contributed by atoms with E-state index in [1.165, 1.54) is 18.4 Å². The van der Waals surface area contributed by atoms with E-state index < -0.39 is 0 Å². The molecule has 0 aromatic heterocycles. The van der Waals surface area contributed by atoms with Gasteiger partial charge in [-0.2, -0.15) is 0 Å². The molecule has 0 radical (unpaired) electrons. The highest BCUT2D eigenvalue weighted by Crippen LogP contribution is 2.14. The minimum atomic E-state index is 0.0426. The molecule has 1 unspecified atom stereocenters. The molecule has 0 aliphatic carbocycles. The molecule has 2 aromatic carbocycles. The lowest BCUT2D eigenvalue weighted by Crippen LogP contribution is -2.40. The Labute approximate surface area is 232 Å². The molecular weight excluding hydrogens is 492 g/mol. The Bertz CT molecular complexity index is 1010. The summed E-state index contributed by atoms with van der Waals surface area (Å²) in [6.45, 7) is 4.56. The minimum Gasteiger partial charge on any atom is -0.492 e. The highest BCUT2D eigenvalue weighted by atomic mass is 16.5. The average Bonchev–Trinajstić information content (AvgIpc) is 2.96. The van der Waals surface area contributed by atoms with Gasteiger partial charge >= 0.3 is 0 Å². The molecule has 1 atom stereocenters. The fourth-order valence-corrected chi connectivity index (χ4v) is 4.13. The van der Waals surface area contributed by atoms with Gasteiger partial charge in [-0.1, -0.05) is 56.0 Å². The number of ether oxygens (including phenoxy) is 2. The second-order valence-corrected chi connectivity index (χ2v) is 9.55. The number of unbranched alkanes of at least 4 members (excludes halogenated alkanes) is 5. The van der Waals surface area contributed by atoms with E-state index >= 15 is 0 Å². The van der Waals surface area contributed by atoms with Gasteiger partial charge in [0.25, 0.3) is 0 Å². The van der Waals surface area contributed by atoms with Crippen molar-refractivity contribution in [3.05, 3.63) is 65.7 Å². The van der Waals surface area contributed by atoms with Crippen molar-refractivity contribution < 1.29 is 9.47 Å². The molecule has 8 N–H and O–H groups in total. The first-order chi connectivity index (χ1) is 19.1. The maximum absolute atomic E-state index is 7.98. The van der Waals surface area contributed by atoms with Crippen LogP contribution >= 0.6 is 0 Å². The van der Waals surface area contributed by atoms with Gasteiger partial charge in [-0.05, 0) is 42.7 Å². The molecule has 0 fully saturated rings. The largest absolute Gasteiger partial charge is 0.492 e. The predicted octanol–water partition coefficient (Wildman–Crippen LogP) is 2.94. The summed E-state index contributed by atoms with van der Waals surface area (Å²) < 4.78 is 11.8. The van der Waals surface area contributed by atoms with Crippen LogP contribution in [0.25, 0.3) is 0 Å². The molecule has 0 spiro atoms. The molecule has 1 aliphatic rings. The first-order valence-electron chi connectivity index (χ1n) is 13.9. The number of amidine groups is 1. The Morgan fingerprint density at radius 3 is 2.21 bits per heavy atom. The zero-order chi connectivity index (χ0) is 27.5. The molecular formula is C29H44N8O2. The highest BCUT2D eigenvalue weighted by Gasteiger charge is 2.16. The van der Waals surface area contributed by atoms with Crippen LogP contribution in [0.4, 0.5) is 0 Å². The summed E-state index contributed by atoms with van der Waals surface area (Å²) in [5, 5.41) is 27.4. The number of hydrogen-bond donors (Lipinski definition) is 7. The van der Waals surface area contributed by atoms with E-state index in [1.54, 1.807) is 0 Å². The predicted molar refractivity (Wildman–Crippen MR) is 158 cm³/mol. The zero-order valence-electron chi connectivity index (χ0n) is 22.8. The van der Waals surface area contributed by atoms with Gasteiger partial charge in [0.15, 0.2) is 11.9 Å². The molecule has 0 amide bonds. The second kappa shape index (κ2) is 17.7. The molecule has 10 nitrogen and oxygen atoms in total. The summed E-state index contributed by atoms with van der Waals surface area (Å²) in [7, 11) is 0. The molecule has 212 valence electrons. The molecule has 10 heteroatoms. The summed E-state index contributed by atoms with van der Waals surface area (Å²) in [5.41, 5.74) is 7.45. The van der Waals surface area contributed by atoms with Crippen molar-refractivity contribution in [3.8, 4) is 5.75 Å². The maximum Gasteiger partial charge on any atom is 0.188 e. The first-order valence-corrected chi connectivity index (χ1v) is 13.9. The van der Waals surface area contributed by atoms with Crippen LogP contribution in [-0.2, 0) is 11.3 Å². The van der Waals surface area contributed by atoms with Crippen molar-refractivity contribution in [3.63, 3.8) is 0 Å². The quantitative estimate of drug-likeness (QED) is 0.0932. The zero-order valence-corrected chi connectivity index (χ0v) is 22.8. The third-order valence-corrected chi connectivity index (χ3v) is 6.30. The van der Waals surface area contributed by atoms with Crippen molar-refractivity contribution in [1.82, 2.24) is 21.3 Å². The molecule has 0 saturated carbocycles. The van der Waals surface area contributed by atoms with Crippen molar-refractivity contribution in [1.29, 1.82) is 10.8 Å². The van der Waals surface area contributed by atoms with Gasteiger partial charge in [-0.25, -0.2) is 0 Å². The number of aliphatic imine (C=N–C) groups is 1. The SMILES string of the molecule is N=C(N)NCCCCCCCCNC(=N)NCCOc1ccc(C2=NCC(OCc3ccccc3)CN2)cc1. The molecule has 0 saturated heterocycles. The van der Waals surface area contributed by atoms with E-state index in [4.69, 9.17) is 26.0 Å². The summed E-state index contributed by atoms with van der Waals surface area (Å²) in [5.74, 6) is 2.04. The number of nitrogens with zero attached hydrogens (tertiary/aromatic N) is 1. The number of guanidine groups is 2. The van der Waals surface area contributed by atoms with Gasteiger partial charge in [0.2, 0.25) is 0 Å². The summed E-state index contributed by atoms with van der Waals surface area (Å²) in [4.78, 5) is 4.67. The van der Waals surface area contributed by atoms with Crippen molar-refractivity contribution in [2.75, 3.05) is 39.3 Å². The van der Waals surface area contributed by atoms with Crippen molar-refractivity contribution in [2.24, 2.45) is 10.7 Å². The van der Waals surface area contributed by atoms with Gasteiger partial charge in [0.05, 0.1) is 25.8 Å². The van der Waals surface area contributed by atoms with Gasteiger partial charge in [-0.3, -0.25) is 15.8 Å². The molecule has 1 heterocycles. The molecule has 2 aromatic rings. The Hall–Kier alpha value is -3.79. The van der Waals surface area contributed by atoms with Gasteiger partial charge in [0.1, 0.15) is 18.2 Å². The van der Waals surface area contributed by atoms with E-state index in [0.29, 0.717) is 32.3 Å². The van der Waals surface area contributed by atoms with E-state index in [9.17, 15) is 0 Å². The number of hydrogen-bond acceptors (Lipinski definition) is 6. The lowest BCUT2D eigenvalue weighted by molar-refractivity contribution is 0.0472. The Balaban J connectivity index is 1.20. The number of nitrogens with two attached hydrogens (primary N) is 1. The van der Waals surface area contributed by atoms with Crippen LogP contribution in [0.3, 0.4) is 0 Å². The third kappa shape index (κ3) is 12.5. The van der Waals surface area contributed by atoms with Crippen LogP contribution in [0.5, 0.6) is 5.75 Å². The number of nitrogens with one attached hydrogen (secondary N) is 6. The average molecular weight is 537 g/mol. The van der Waals surface area contributed by atoms with Crippen LogP contribution in [0.15, 0.2) is 59.6 Å². The lowest BCUT2D eigenvalue weighted by atomic mass is 10.1. The smallest absolute Gasteiger partial charge is 0.188 e. The second-order valence-electron chi connectivity index (χ2n) is 9.55. The fraction of sp³-hybridized carbons (Fsp3) is 0.483. The van der Waals surface area contributed by atoms with E-state index in [1.807, 2.05) is 42.5 Å². The summed E-state index contributed by atoms with van der Waals surface area (Å²) in [6, 6.07) is 18.1. The standard InChI is InChI=1S/C29H44N8O2/c30-28(31)33-16-8-3-1-2-4-9-17-34-29(32)35-18-19-38-25-14-12-24(13-15-25)27-36-20-26(21-37-27)39-22-23-10-6-5-7-11-23/h5-7,10-15,26H,1-4,8-9,16-22H2,(H,36,37)(H4,30,31,33)(H3,32,34,35). The Morgan fingerprint density at radius 1 is 0.872 bits per heavy atom. The fourth-order valence-electron chi connectivity index (χ4n) is 4.13. The van der Waals surface area contributed by atoms with Crippen LogP contribution < -0.4 is 31.7 Å². The monoisotopic (exact) mass is 536 g/mol. The maximum atomic E-state index is 7.98. The van der Waals surface area contributed by atoms with Gasteiger partial charge in [0, 0.05) is 25.2 Å². The van der Waals surface area contributed by atoms with Crippen molar-refractivity contribution in [2.45, 2.75) is 51.2 Å². The normalized spacial score (nSPS) is 14.6. The third-order valence-electron chi connectivity index (χ3n) is 6.30. The van der Waals surface area contributed by atoms with Gasteiger partial charge in [-0.15, -0.1) is 0 Å². The summed E-state index contributed by atoms with van der Waals surface area (Å²) in [6.07, 6.45) is 6.80. The molecule has 3 rings (SSSR count). The molecule has 1 aliphatic heterocycles. The van der Waals surface area contributed by atoms with E-state index in [2.05, 4.69) is 38.4 Å². The topological polar surface area (TPSA) is 153 Å². The Morgan fingerprint density at radius 2 is 1.54 bits per heavy atom. The van der Waals surface area contributed by atoms with Crippen LogP contribution in [-0.4, -0.2) is 63.2 Å². The van der Waals surface area contributed by atoms with Crippen molar-refractivity contribution >= 4 is 17.8 Å². The minimum absolute atomic E-state index is 0.0426. The van der Waals surface area contributed by atoms with Crippen LogP contribution in [0, 0.1) is 10.8 Å². The van der Waals surface area contributed by atoms with Crippen LogP contribution in [0.1, 0.15) is 49.7 Å². The molecule has 0 bridgehead atoms.